The molecular weight excluding hydrogens is 350 g/mol. The van der Waals surface area contributed by atoms with E-state index >= 15 is 0 Å². The Morgan fingerprint density at radius 1 is 1.27 bits per heavy atom. The summed E-state index contributed by atoms with van der Waals surface area (Å²) in [7, 11) is 2.15. The van der Waals surface area contributed by atoms with Gasteiger partial charge >= 0.3 is 0 Å². The molecule has 3 rings (SSSR count). The van der Waals surface area contributed by atoms with Crippen LogP contribution in [0.5, 0.6) is 0 Å². The van der Waals surface area contributed by atoms with Crippen molar-refractivity contribution in [2.75, 3.05) is 18.9 Å². The van der Waals surface area contributed by atoms with Gasteiger partial charge in [-0.3, -0.25) is 4.98 Å². The molecule has 1 aliphatic heterocycles. The first-order valence-corrected chi connectivity index (χ1v) is 9.14. The van der Waals surface area contributed by atoms with Crippen molar-refractivity contribution in [3.8, 4) is 0 Å². The first kappa shape index (κ1) is 20.3. The van der Waals surface area contributed by atoms with Crippen LogP contribution < -0.4 is 5.32 Å². The van der Waals surface area contributed by atoms with E-state index in [1.54, 1.807) is 12.3 Å². The second kappa shape index (κ2) is 9.59. The van der Waals surface area contributed by atoms with Gasteiger partial charge in [-0.25, -0.2) is 9.97 Å². The number of aromatic nitrogens is 3. The number of carbonyl (C=O) groups is 1. The number of likely N-dealkylation sites (tertiary alicyclic amines) is 1. The lowest BCUT2D eigenvalue weighted by Gasteiger charge is -2.34. The third kappa shape index (κ3) is 5.75. The molecule has 0 aromatic carbocycles. The van der Waals surface area contributed by atoms with Crippen LogP contribution in [0.2, 0.25) is 5.15 Å². The van der Waals surface area contributed by atoms with Gasteiger partial charge in [0.05, 0.1) is 11.9 Å². The fraction of sp³-hybridized carbons (Fsp3) is 0.474. The van der Waals surface area contributed by atoms with E-state index in [0.717, 1.165) is 42.7 Å². The quantitative estimate of drug-likeness (QED) is 0.646. The summed E-state index contributed by atoms with van der Waals surface area (Å²) < 4.78 is 0. The highest BCUT2D eigenvalue weighted by Crippen LogP contribution is 2.29. The molecule has 0 spiro atoms. The summed E-state index contributed by atoms with van der Waals surface area (Å²) in [5.41, 5.74) is 2.00. The molecule has 2 unspecified atom stereocenters. The Morgan fingerprint density at radius 3 is 2.65 bits per heavy atom. The highest BCUT2D eigenvalue weighted by Gasteiger charge is 2.26. The molecule has 0 aliphatic carbocycles. The van der Waals surface area contributed by atoms with Gasteiger partial charge in [0, 0.05) is 30.8 Å². The third-order valence-electron chi connectivity index (χ3n) is 4.42. The van der Waals surface area contributed by atoms with Crippen LogP contribution in [-0.4, -0.2) is 45.8 Å². The van der Waals surface area contributed by atoms with E-state index in [9.17, 15) is 0 Å². The van der Waals surface area contributed by atoms with Crippen molar-refractivity contribution in [3.63, 3.8) is 0 Å². The zero-order chi connectivity index (χ0) is 19.1. The summed E-state index contributed by atoms with van der Waals surface area (Å²) in [6.07, 6.45) is 6.60. The first-order chi connectivity index (χ1) is 12.4. The Bertz CT molecular complexity index is 740. The van der Waals surface area contributed by atoms with E-state index in [2.05, 4.69) is 39.1 Å². The number of aldehydes is 1. The van der Waals surface area contributed by atoms with E-state index in [0.29, 0.717) is 22.9 Å². The van der Waals surface area contributed by atoms with Crippen LogP contribution in [-0.2, 0) is 4.79 Å². The maximum absolute atomic E-state index is 8.81. The Morgan fingerprint density at radius 2 is 2.00 bits per heavy atom. The molecule has 1 fully saturated rings. The fourth-order valence-corrected chi connectivity index (χ4v) is 3.14. The number of halogens is 1. The lowest BCUT2D eigenvalue weighted by atomic mass is 9.93. The van der Waals surface area contributed by atoms with Crippen LogP contribution in [0.25, 0.3) is 0 Å². The Kier molecular flexibility index (Phi) is 7.48. The molecule has 0 radical (unpaired) electrons. The smallest absolute Gasteiger partial charge is 0.136 e. The van der Waals surface area contributed by atoms with E-state index in [1.807, 2.05) is 19.2 Å². The lowest BCUT2D eigenvalue weighted by molar-refractivity contribution is -0.106. The number of piperidine rings is 1. The summed E-state index contributed by atoms with van der Waals surface area (Å²) in [6, 6.07) is 4.39. The van der Waals surface area contributed by atoms with Crippen molar-refractivity contribution >= 4 is 29.4 Å². The molecule has 1 N–H and O–H groups in total. The van der Waals surface area contributed by atoms with Crippen LogP contribution in [0.3, 0.4) is 0 Å². The fourth-order valence-electron chi connectivity index (χ4n) is 2.95. The normalized spacial score (nSPS) is 20.0. The van der Waals surface area contributed by atoms with Crippen LogP contribution in [0.15, 0.2) is 24.5 Å². The van der Waals surface area contributed by atoms with Gasteiger partial charge in [-0.2, -0.15) is 0 Å². The average molecular weight is 376 g/mol. The zero-order valence-electron chi connectivity index (χ0n) is 15.7. The molecule has 2 aromatic rings. The predicted octanol–water partition coefficient (Wildman–Crippen LogP) is 3.98. The van der Waals surface area contributed by atoms with Gasteiger partial charge in [0.15, 0.2) is 0 Å². The molecule has 140 valence electrons. The molecule has 7 heteroatoms. The van der Waals surface area contributed by atoms with Crippen LogP contribution in [0, 0.1) is 6.92 Å². The summed E-state index contributed by atoms with van der Waals surface area (Å²) >= 11 is 6.21. The van der Waals surface area contributed by atoms with Gasteiger partial charge in [-0.15, -0.1) is 0 Å². The minimum absolute atomic E-state index is 0.325. The van der Waals surface area contributed by atoms with Gasteiger partial charge in [-0.1, -0.05) is 11.6 Å². The number of hydrogen-bond donors (Lipinski definition) is 1. The second-order valence-electron chi connectivity index (χ2n) is 6.61. The van der Waals surface area contributed by atoms with Crippen molar-refractivity contribution in [3.05, 3.63) is 41.1 Å². The number of nitrogens with zero attached hydrogens (tertiary/aromatic N) is 4. The summed E-state index contributed by atoms with van der Waals surface area (Å²) in [5, 5.41) is 3.75. The summed E-state index contributed by atoms with van der Waals surface area (Å²) in [5.74, 6) is 1.86. The van der Waals surface area contributed by atoms with E-state index in [1.165, 1.54) is 6.92 Å². The molecule has 0 bridgehead atoms. The number of anilines is 2. The minimum atomic E-state index is 0.325. The molecular formula is C19H26ClN5O. The molecule has 2 aromatic heterocycles. The molecule has 1 aliphatic rings. The van der Waals surface area contributed by atoms with Crippen molar-refractivity contribution in [2.45, 2.75) is 45.6 Å². The lowest BCUT2D eigenvalue weighted by Crippen LogP contribution is -2.38. The van der Waals surface area contributed by atoms with Gasteiger partial charge < -0.3 is 15.0 Å². The third-order valence-corrected chi connectivity index (χ3v) is 4.61. The van der Waals surface area contributed by atoms with E-state index in [4.69, 9.17) is 16.4 Å². The zero-order valence-corrected chi connectivity index (χ0v) is 16.5. The molecule has 2 atom stereocenters. The number of aryl methyl sites for hydroxylation is 1. The SMILES string of the molecule is CC=O.Cc1cncc(Nc2cc(Cl)nc(C3CCC(C)N(C)C3)n2)c1. The number of carbonyl (C=O) groups excluding carboxylic acids is 1. The van der Waals surface area contributed by atoms with Gasteiger partial charge in [0.1, 0.15) is 23.1 Å². The van der Waals surface area contributed by atoms with Crippen molar-refractivity contribution < 1.29 is 4.79 Å². The first-order valence-electron chi connectivity index (χ1n) is 8.76. The van der Waals surface area contributed by atoms with Crippen LogP contribution in [0.4, 0.5) is 11.5 Å². The Hall–Kier alpha value is -2.05. The van der Waals surface area contributed by atoms with Gasteiger partial charge in [0.25, 0.3) is 0 Å². The molecule has 26 heavy (non-hydrogen) atoms. The monoisotopic (exact) mass is 375 g/mol. The van der Waals surface area contributed by atoms with Gasteiger partial charge in [0.2, 0.25) is 0 Å². The number of likely N-dealkylation sites (N-methyl/N-ethyl adjacent to an activating group) is 1. The number of pyridine rings is 1. The van der Waals surface area contributed by atoms with Crippen molar-refractivity contribution in [1.82, 2.24) is 19.9 Å². The highest BCUT2D eigenvalue weighted by atomic mass is 35.5. The van der Waals surface area contributed by atoms with Crippen molar-refractivity contribution in [1.29, 1.82) is 0 Å². The van der Waals surface area contributed by atoms with E-state index in [-0.39, 0.29) is 0 Å². The molecule has 0 saturated carbocycles. The number of hydrogen-bond acceptors (Lipinski definition) is 6. The summed E-state index contributed by atoms with van der Waals surface area (Å²) in [6.45, 7) is 6.68. The standard InChI is InChI=1S/C17H22ClN5.C2H4O/c1-11-6-14(9-19-8-11)20-16-7-15(18)21-17(22-16)13-5-4-12(2)23(3)10-13;1-2-3/h6-9,12-13H,4-5,10H2,1-3H3,(H,20,21,22);2H,1H3. The second-order valence-corrected chi connectivity index (χ2v) is 7.00. The Balaban J connectivity index is 0.000000758. The number of nitrogens with one attached hydrogen (secondary N) is 1. The van der Waals surface area contributed by atoms with Crippen LogP contribution >= 0.6 is 11.6 Å². The van der Waals surface area contributed by atoms with Gasteiger partial charge in [-0.05, 0) is 52.3 Å². The predicted molar refractivity (Wildman–Crippen MR) is 105 cm³/mol. The highest BCUT2D eigenvalue weighted by molar-refractivity contribution is 6.29. The van der Waals surface area contributed by atoms with E-state index < -0.39 is 0 Å². The molecule has 0 amide bonds. The maximum Gasteiger partial charge on any atom is 0.136 e. The minimum Gasteiger partial charge on any atom is -0.339 e. The van der Waals surface area contributed by atoms with Crippen LogP contribution in [0.1, 0.15) is 44.0 Å². The molecule has 6 nitrogen and oxygen atoms in total. The summed E-state index contributed by atoms with van der Waals surface area (Å²) in [4.78, 5) is 24.5. The number of rotatable bonds is 3. The largest absolute Gasteiger partial charge is 0.339 e. The average Bonchev–Trinajstić information content (AvgIpc) is 2.57. The molecule has 3 heterocycles. The molecule has 1 saturated heterocycles. The Labute approximate surface area is 160 Å². The maximum atomic E-state index is 8.81. The van der Waals surface area contributed by atoms with Crippen molar-refractivity contribution in [2.24, 2.45) is 0 Å². The topological polar surface area (TPSA) is 71.0 Å².